The Morgan fingerprint density at radius 1 is 1.05 bits per heavy atom. The molecule has 1 atom stereocenters. The third kappa shape index (κ3) is 3.93. The van der Waals surface area contributed by atoms with Crippen LogP contribution in [0.25, 0.3) is 0 Å². The Morgan fingerprint density at radius 3 is 2.37 bits per heavy atom. The van der Waals surface area contributed by atoms with Gasteiger partial charge in [-0.2, -0.15) is 0 Å². The molecule has 0 radical (unpaired) electrons. The maximum Gasteiger partial charge on any atom is 0.0621 e. The normalized spacial score (nSPS) is 12.4. The number of halogens is 2. The topological polar surface area (TPSA) is 24.9 Å². The summed E-state index contributed by atoms with van der Waals surface area (Å²) in [6.07, 6.45) is 5.17. The number of likely N-dealkylation sites (N-methyl/N-ethyl adjacent to an activating group) is 1. The maximum atomic E-state index is 6.20. The summed E-state index contributed by atoms with van der Waals surface area (Å²) in [7, 11) is 1.95. The summed E-state index contributed by atoms with van der Waals surface area (Å²) >= 11 is 12.3. The molecule has 0 aliphatic rings. The van der Waals surface area contributed by atoms with Gasteiger partial charge < -0.3 is 5.32 Å². The van der Waals surface area contributed by atoms with Crippen molar-refractivity contribution < 1.29 is 0 Å². The SMILES string of the molecule is CNC(Cc1ccccc1Cl)Cc1ccncc1Cl. The van der Waals surface area contributed by atoms with Crippen molar-refractivity contribution in [3.8, 4) is 0 Å². The smallest absolute Gasteiger partial charge is 0.0621 e. The van der Waals surface area contributed by atoms with Crippen LogP contribution in [0.15, 0.2) is 42.7 Å². The molecule has 4 heteroatoms. The van der Waals surface area contributed by atoms with Gasteiger partial charge in [-0.15, -0.1) is 0 Å². The predicted octanol–water partition coefficient (Wildman–Crippen LogP) is 3.76. The van der Waals surface area contributed by atoms with E-state index in [0.29, 0.717) is 11.1 Å². The van der Waals surface area contributed by atoms with Crippen LogP contribution in [0.2, 0.25) is 10.0 Å². The van der Waals surface area contributed by atoms with E-state index in [2.05, 4.69) is 16.4 Å². The van der Waals surface area contributed by atoms with Crippen LogP contribution in [-0.2, 0) is 12.8 Å². The number of nitrogens with zero attached hydrogens (tertiary/aromatic N) is 1. The third-order valence-electron chi connectivity index (χ3n) is 3.16. The standard InChI is InChI=1S/C15H16Cl2N2/c1-18-13(8-11-4-2-3-5-14(11)16)9-12-6-7-19-10-15(12)17/h2-7,10,13,18H,8-9H2,1H3. The Hall–Kier alpha value is -1.09. The van der Waals surface area contributed by atoms with Crippen LogP contribution in [0.5, 0.6) is 0 Å². The summed E-state index contributed by atoms with van der Waals surface area (Å²) in [6.45, 7) is 0. The molecule has 1 N–H and O–H groups in total. The number of aromatic nitrogens is 1. The van der Waals surface area contributed by atoms with Crippen LogP contribution in [0.1, 0.15) is 11.1 Å². The number of nitrogens with one attached hydrogen (secondary N) is 1. The summed E-state index contributed by atoms with van der Waals surface area (Å²) in [4.78, 5) is 4.00. The van der Waals surface area contributed by atoms with Gasteiger partial charge in [0.25, 0.3) is 0 Å². The molecule has 2 nitrogen and oxygen atoms in total. The van der Waals surface area contributed by atoms with E-state index in [-0.39, 0.29) is 0 Å². The fourth-order valence-corrected chi connectivity index (χ4v) is 2.45. The summed E-state index contributed by atoms with van der Waals surface area (Å²) in [5.41, 5.74) is 2.25. The van der Waals surface area contributed by atoms with E-state index in [1.807, 2.05) is 31.3 Å². The lowest BCUT2D eigenvalue weighted by molar-refractivity contribution is 0.556. The van der Waals surface area contributed by atoms with Crippen LogP contribution in [0, 0.1) is 0 Å². The number of benzene rings is 1. The second-order valence-corrected chi connectivity index (χ2v) is 5.27. The Morgan fingerprint density at radius 2 is 1.74 bits per heavy atom. The summed E-state index contributed by atoms with van der Waals surface area (Å²) in [5, 5.41) is 4.83. The third-order valence-corrected chi connectivity index (χ3v) is 3.86. The number of hydrogen-bond donors (Lipinski definition) is 1. The second-order valence-electron chi connectivity index (χ2n) is 4.45. The van der Waals surface area contributed by atoms with Gasteiger partial charge in [-0.25, -0.2) is 0 Å². The number of hydrogen-bond acceptors (Lipinski definition) is 2. The highest BCUT2D eigenvalue weighted by Crippen LogP contribution is 2.20. The lowest BCUT2D eigenvalue weighted by Crippen LogP contribution is -2.30. The number of rotatable bonds is 5. The lowest BCUT2D eigenvalue weighted by Gasteiger charge is -2.17. The molecule has 1 aromatic carbocycles. The van der Waals surface area contributed by atoms with Gasteiger partial charge in [-0.05, 0) is 43.1 Å². The molecule has 19 heavy (non-hydrogen) atoms. The molecular formula is C15H16Cl2N2. The zero-order valence-electron chi connectivity index (χ0n) is 10.7. The van der Waals surface area contributed by atoms with Gasteiger partial charge in [-0.1, -0.05) is 41.4 Å². The van der Waals surface area contributed by atoms with Crippen LogP contribution in [0.3, 0.4) is 0 Å². The summed E-state index contributed by atoms with van der Waals surface area (Å²) in [6, 6.07) is 10.2. The Bertz CT molecular complexity index is 496. The molecule has 1 heterocycles. The first-order valence-corrected chi connectivity index (χ1v) is 6.95. The summed E-state index contributed by atoms with van der Waals surface area (Å²) in [5.74, 6) is 0. The second kappa shape index (κ2) is 6.90. The summed E-state index contributed by atoms with van der Waals surface area (Å²) < 4.78 is 0. The van der Waals surface area contributed by atoms with Crippen molar-refractivity contribution in [2.75, 3.05) is 7.05 Å². The van der Waals surface area contributed by atoms with E-state index in [9.17, 15) is 0 Å². The van der Waals surface area contributed by atoms with E-state index in [1.165, 1.54) is 0 Å². The van der Waals surface area contributed by atoms with Crippen molar-refractivity contribution >= 4 is 23.2 Å². The van der Waals surface area contributed by atoms with Gasteiger partial charge in [0, 0.05) is 23.5 Å². The van der Waals surface area contributed by atoms with Crippen LogP contribution in [0.4, 0.5) is 0 Å². The quantitative estimate of drug-likeness (QED) is 0.908. The highest BCUT2D eigenvalue weighted by Gasteiger charge is 2.12. The van der Waals surface area contributed by atoms with Gasteiger partial charge in [-0.3, -0.25) is 4.98 Å². The van der Waals surface area contributed by atoms with Gasteiger partial charge in [0.15, 0.2) is 0 Å². The van der Waals surface area contributed by atoms with Crippen LogP contribution < -0.4 is 5.32 Å². The molecule has 0 bridgehead atoms. The Kier molecular flexibility index (Phi) is 5.20. The highest BCUT2D eigenvalue weighted by atomic mass is 35.5. The highest BCUT2D eigenvalue weighted by molar-refractivity contribution is 6.31. The molecule has 0 aliphatic heterocycles. The van der Waals surface area contributed by atoms with Crippen molar-refractivity contribution in [1.82, 2.24) is 10.3 Å². The molecular weight excluding hydrogens is 279 g/mol. The molecule has 0 saturated heterocycles. The molecule has 0 amide bonds. The van der Waals surface area contributed by atoms with E-state index >= 15 is 0 Å². The molecule has 1 unspecified atom stereocenters. The van der Waals surface area contributed by atoms with Crippen molar-refractivity contribution in [3.63, 3.8) is 0 Å². The average Bonchev–Trinajstić information content (AvgIpc) is 2.42. The van der Waals surface area contributed by atoms with Crippen molar-refractivity contribution in [3.05, 3.63) is 63.9 Å². The monoisotopic (exact) mass is 294 g/mol. The first-order chi connectivity index (χ1) is 9.20. The molecule has 0 fully saturated rings. The minimum atomic E-state index is 0.291. The first kappa shape index (κ1) is 14.3. The molecule has 1 aromatic heterocycles. The molecule has 0 spiro atoms. The van der Waals surface area contributed by atoms with Crippen LogP contribution >= 0.6 is 23.2 Å². The first-order valence-electron chi connectivity index (χ1n) is 6.19. The molecule has 0 saturated carbocycles. The maximum absolute atomic E-state index is 6.20. The average molecular weight is 295 g/mol. The largest absolute Gasteiger partial charge is 0.316 e. The van der Waals surface area contributed by atoms with Crippen LogP contribution in [-0.4, -0.2) is 18.1 Å². The minimum absolute atomic E-state index is 0.291. The molecule has 2 rings (SSSR count). The zero-order chi connectivity index (χ0) is 13.7. The lowest BCUT2D eigenvalue weighted by atomic mass is 9.99. The molecule has 2 aromatic rings. The fourth-order valence-electron chi connectivity index (χ4n) is 2.04. The Balaban J connectivity index is 2.09. The van der Waals surface area contributed by atoms with Gasteiger partial charge in [0.2, 0.25) is 0 Å². The Labute approximate surface area is 123 Å². The van der Waals surface area contributed by atoms with Crippen molar-refractivity contribution in [2.45, 2.75) is 18.9 Å². The number of pyridine rings is 1. The van der Waals surface area contributed by atoms with E-state index < -0.39 is 0 Å². The molecule has 0 aliphatic carbocycles. The van der Waals surface area contributed by atoms with Gasteiger partial charge in [0.1, 0.15) is 0 Å². The molecule has 100 valence electrons. The van der Waals surface area contributed by atoms with E-state index in [4.69, 9.17) is 23.2 Å². The zero-order valence-corrected chi connectivity index (χ0v) is 12.2. The van der Waals surface area contributed by atoms with Gasteiger partial charge >= 0.3 is 0 Å². The van der Waals surface area contributed by atoms with Gasteiger partial charge in [0.05, 0.1) is 5.02 Å². The fraction of sp³-hybridized carbons (Fsp3) is 0.267. The van der Waals surface area contributed by atoms with E-state index in [1.54, 1.807) is 12.4 Å². The predicted molar refractivity (Wildman–Crippen MR) is 81.0 cm³/mol. The van der Waals surface area contributed by atoms with Crippen molar-refractivity contribution in [2.24, 2.45) is 0 Å². The van der Waals surface area contributed by atoms with Crippen molar-refractivity contribution in [1.29, 1.82) is 0 Å². The van der Waals surface area contributed by atoms with E-state index in [0.717, 1.165) is 29.0 Å². The minimum Gasteiger partial charge on any atom is -0.316 e.